The number of morpholine rings is 1. The second-order valence-corrected chi connectivity index (χ2v) is 9.92. The number of benzene rings is 2. The van der Waals surface area contributed by atoms with Crippen molar-refractivity contribution in [2.24, 2.45) is 5.14 Å². The molecule has 2 aromatic rings. The van der Waals surface area contributed by atoms with Crippen LogP contribution in [0.2, 0.25) is 0 Å². The fourth-order valence-corrected chi connectivity index (χ4v) is 4.79. The third kappa shape index (κ3) is 5.19. The lowest BCUT2D eigenvalue weighted by Gasteiger charge is -2.26. The molecule has 0 aromatic heterocycles. The fourth-order valence-electron chi connectivity index (χ4n) is 2.82. The Kier molecular flexibility index (Phi) is 6.34. The molecular formula is C18H21N3O6S2. The molecule has 0 aliphatic carbocycles. The maximum atomic E-state index is 12.7. The molecule has 3 N–H and O–H groups in total. The number of amides is 1. The molecule has 9 nitrogen and oxygen atoms in total. The monoisotopic (exact) mass is 439 g/mol. The molecule has 0 spiro atoms. The average molecular weight is 440 g/mol. The van der Waals surface area contributed by atoms with Gasteiger partial charge in [-0.2, -0.15) is 4.31 Å². The second-order valence-electron chi connectivity index (χ2n) is 6.42. The van der Waals surface area contributed by atoms with Gasteiger partial charge in [-0.25, -0.2) is 22.0 Å². The van der Waals surface area contributed by atoms with Gasteiger partial charge in [0.15, 0.2) is 0 Å². The van der Waals surface area contributed by atoms with Crippen LogP contribution in [0.5, 0.6) is 0 Å². The van der Waals surface area contributed by atoms with Gasteiger partial charge in [0.1, 0.15) is 0 Å². The highest BCUT2D eigenvalue weighted by Gasteiger charge is 2.26. The standard InChI is InChI=1S/C18H21N3O6S2/c19-28(23,24)16-6-4-14(5-7-16)13-20-18(22)15-2-1-3-17(12-15)29(25,26)21-8-10-27-11-9-21/h1-7,12H,8-11,13H2,(H,20,22)(H2,19,23,24). The Labute approximate surface area is 169 Å². The van der Waals surface area contributed by atoms with Gasteiger partial charge in [-0.05, 0) is 35.9 Å². The van der Waals surface area contributed by atoms with E-state index in [0.29, 0.717) is 18.8 Å². The Morgan fingerprint density at radius 1 is 1.00 bits per heavy atom. The van der Waals surface area contributed by atoms with Crippen LogP contribution in [-0.2, 0) is 31.3 Å². The van der Waals surface area contributed by atoms with Crippen molar-refractivity contribution in [3.63, 3.8) is 0 Å². The van der Waals surface area contributed by atoms with E-state index in [0.717, 1.165) is 0 Å². The Morgan fingerprint density at radius 2 is 1.66 bits per heavy atom. The van der Waals surface area contributed by atoms with Gasteiger partial charge in [-0.3, -0.25) is 4.79 Å². The summed E-state index contributed by atoms with van der Waals surface area (Å²) >= 11 is 0. The Bertz CT molecular complexity index is 1090. The first kappa shape index (κ1) is 21.4. The molecule has 156 valence electrons. The molecule has 3 rings (SSSR count). The summed E-state index contributed by atoms with van der Waals surface area (Å²) in [6.45, 7) is 1.36. The molecule has 1 fully saturated rings. The minimum absolute atomic E-state index is 0.0198. The molecule has 0 unspecified atom stereocenters. The topological polar surface area (TPSA) is 136 Å². The van der Waals surface area contributed by atoms with E-state index in [1.165, 1.54) is 40.7 Å². The number of carbonyl (C=O) groups excluding carboxylic acids is 1. The first-order chi connectivity index (χ1) is 13.7. The largest absolute Gasteiger partial charge is 0.379 e. The lowest BCUT2D eigenvalue weighted by atomic mass is 10.2. The van der Waals surface area contributed by atoms with Crippen LogP contribution in [0, 0.1) is 0 Å². The summed E-state index contributed by atoms with van der Waals surface area (Å²) in [5.41, 5.74) is 0.878. The van der Waals surface area contributed by atoms with Gasteiger partial charge in [-0.1, -0.05) is 18.2 Å². The van der Waals surface area contributed by atoms with Crippen LogP contribution in [0.3, 0.4) is 0 Å². The van der Waals surface area contributed by atoms with Crippen LogP contribution in [0.15, 0.2) is 58.3 Å². The molecule has 1 heterocycles. The molecule has 1 aliphatic heterocycles. The number of nitrogens with two attached hydrogens (primary N) is 1. The lowest BCUT2D eigenvalue weighted by Crippen LogP contribution is -2.40. The van der Waals surface area contributed by atoms with E-state index in [1.807, 2.05) is 0 Å². The Hall–Kier alpha value is -2.31. The molecule has 0 saturated carbocycles. The van der Waals surface area contributed by atoms with Crippen molar-refractivity contribution < 1.29 is 26.4 Å². The Morgan fingerprint density at radius 3 is 2.28 bits per heavy atom. The van der Waals surface area contributed by atoms with E-state index in [-0.39, 0.29) is 35.0 Å². The van der Waals surface area contributed by atoms with Crippen molar-refractivity contribution in [1.82, 2.24) is 9.62 Å². The molecule has 1 saturated heterocycles. The number of hydrogen-bond donors (Lipinski definition) is 2. The summed E-state index contributed by atoms with van der Waals surface area (Å²) in [6, 6.07) is 11.6. The molecule has 29 heavy (non-hydrogen) atoms. The maximum Gasteiger partial charge on any atom is 0.251 e. The van der Waals surface area contributed by atoms with Crippen LogP contribution >= 0.6 is 0 Å². The van der Waals surface area contributed by atoms with Gasteiger partial charge in [0.25, 0.3) is 5.91 Å². The van der Waals surface area contributed by atoms with Crippen molar-refractivity contribution in [3.05, 3.63) is 59.7 Å². The minimum atomic E-state index is -3.78. The third-order valence-electron chi connectivity index (χ3n) is 4.41. The molecule has 0 radical (unpaired) electrons. The maximum absolute atomic E-state index is 12.7. The van der Waals surface area contributed by atoms with E-state index >= 15 is 0 Å². The van der Waals surface area contributed by atoms with Crippen molar-refractivity contribution in [3.8, 4) is 0 Å². The summed E-state index contributed by atoms with van der Waals surface area (Å²) in [7, 11) is -7.48. The van der Waals surface area contributed by atoms with Crippen molar-refractivity contribution in [2.45, 2.75) is 16.3 Å². The number of primary sulfonamides is 1. The molecule has 1 amide bonds. The zero-order chi connectivity index (χ0) is 21.1. The van der Waals surface area contributed by atoms with E-state index in [2.05, 4.69) is 5.32 Å². The van der Waals surface area contributed by atoms with Gasteiger partial charge in [0.2, 0.25) is 20.0 Å². The highest BCUT2D eigenvalue weighted by molar-refractivity contribution is 7.89. The number of rotatable bonds is 6. The lowest BCUT2D eigenvalue weighted by molar-refractivity contribution is 0.0730. The van der Waals surface area contributed by atoms with Gasteiger partial charge in [0, 0.05) is 25.2 Å². The summed E-state index contributed by atoms with van der Waals surface area (Å²) in [6.07, 6.45) is 0. The molecule has 2 aromatic carbocycles. The van der Waals surface area contributed by atoms with Gasteiger partial charge < -0.3 is 10.1 Å². The van der Waals surface area contributed by atoms with E-state index in [1.54, 1.807) is 12.1 Å². The van der Waals surface area contributed by atoms with Gasteiger partial charge >= 0.3 is 0 Å². The third-order valence-corrected chi connectivity index (χ3v) is 7.23. The van der Waals surface area contributed by atoms with Crippen molar-refractivity contribution >= 4 is 26.0 Å². The quantitative estimate of drug-likeness (QED) is 0.664. The van der Waals surface area contributed by atoms with Crippen LogP contribution in [0.4, 0.5) is 0 Å². The molecule has 0 bridgehead atoms. The molecule has 1 aliphatic rings. The average Bonchev–Trinajstić information content (AvgIpc) is 2.72. The number of nitrogens with one attached hydrogen (secondary N) is 1. The normalized spacial score (nSPS) is 15.8. The summed E-state index contributed by atoms with van der Waals surface area (Å²) < 4.78 is 54.5. The number of nitrogens with zero attached hydrogens (tertiary/aromatic N) is 1. The number of hydrogen-bond acceptors (Lipinski definition) is 6. The molecule has 11 heteroatoms. The van der Waals surface area contributed by atoms with E-state index in [4.69, 9.17) is 9.88 Å². The highest BCUT2D eigenvalue weighted by Crippen LogP contribution is 2.18. The van der Waals surface area contributed by atoms with Crippen molar-refractivity contribution in [2.75, 3.05) is 26.3 Å². The van der Waals surface area contributed by atoms with Crippen molar-refractivity contribution in [1.29, 1.82) is 0 Å². The molecular weight excluding hydrogens is 418 g/mol. The van der Waals surface area contributed by atoms with Crippen LogP contribution < -0.4 is 10.5 Å². The van der Waals surface area contributed by atoms with E-state index in [9.17, 15) is 21.6 Å². The number of ether oxygens (including phenoxy) is 1. The number of carbonyl (C=O) groups is 1. The summed E-state index contributed by atoms with van der Waals surface area (Å²) in [5, 5.41) is 7.73. The van der Waals surface area contributed by atoms with Crippen LogP contribution in [-0.4, -0.2) is 53.4 Å². The zero-order valence-corrected chi connectivity index (χ0v) is 17.1. The predicted octanol–water partition coefficient (Wildman–Crippen LogP) is 0.285. The fraction of sp³-hybridized carbons (Fsp3) is 0.278. The Balaban J connectivity index is 1.69. The first-order valence-corrected chi connectivity index (χ1v) is 11.7. The smallest absolute Gasteiger partial charge is 0.251 e. The molecule has 0 atom stereocenters. The van der Waals surface area contributed by atoms with Gasteiger partial charge in [-0.15, -0.1) is 0 Å². The second kappa shape index (κ2) is 8.59. The van der Waals surface area contributed by atoms with Crippen LogP contribution in [0.1, 0.15) is 15.9 Å². The van der Waals surface area contributed by atoms with Crippen LogP contribution in [0.25, 0.3) is 0 Å². The zero-order valence-electron chi connectivity index (χ0n) is 15.4. The predicted molar refractivity (Wildman–Crippen MR) is 105 cm³/mol. The number of sulfonamides is 2. The SMILES string of the molecule is NS(=O)(=O)c1ccc(CNC(=O)c2cccc(S(=O)(=O)N3CCOCC3)c2)cc1. The summed E-state index contributed by atoms with van der Waals surface area (Å²) in [5.74, 6) is -0.445. The van der Waals surface area contributed by atoms with Gasteiger partial charge in [0.05, 0.1) is 23.0 Å². The first-order valence-electron chi connectivity index (χ1n) is 8.76. The highest BCUT2D eigenvalue weighted by atomic mass is 32.2. The minimum Gasteiger partial charge on any atom is -0.379 e. The summed E-state index contributed by atoms with van der Waals surface area (Å²) in [4.78, 5) is 12.5. The van der Waals surface area contributed by atoms with E-state index < -0.39 is 26.0 Å².